The van der Waals surface area contributed by atoms with Crippen molar-refractivity contribution in [2.75, 3.05) is 28.2 Å². The van der Waals surface area contributed by atoms with Crippen LogP contribution < -0.4 is 20.5 Å². The lowest BCUT2D eigenvalue weighted by Gasteiger charge is -2.21. The average molecular weight is 466 g/mol. The molecule has 1 aliphatic carbocycles. The summed E-state index contributed by atoms with van der Waals surface area (Å²) in [7, 11) is -1.16. The van der Waals surface area contributed by atoms with E-state index in [0.717, 1.165) is 35.5 Å². The standard InChI is InChI=1S/C19H20F2N6O4S/c1-26-19(29)16-13(8-15(23-17(16)25-26)24-18(28)9-4-5-9)22-12-6-10(20)11(21)7-14(12)27(2)32(3,30)31/h6-9H,4-5H2,1-3H3,(H3,22,23,24,25,28). The number of carbonyl (C=O) groups excluding carboxylic acids is 1. The van der Waals surface area contributed by atoms with E-state index in [4.69, 9.17) is 0 Å². The Balaban J connectivity index is 1.86. The van der Waals surface area contributed by atoms with Crippen LogP contribution in [0.5, 0.6) is 0 Å². The molecular formula is C19H20F2N6O4S. The van der Waals surface area contributed by atoms with Gasteiger partial charge in [-0.25, -0.2) is 22.2 Å². The second kappa shape index (κ2) is 7.58. The van der Waals surface area contributed by atoms with E-state index < -0.39 is 27.2 Å². The number of benzene rings is 1. The number of H-pyrrole nitrogens is 1. The SMILES string of the molecule is CN(c1cc(F)c(F)cc1Nc1cc(NC(=O)C2CC2)nc2[nH]n(C)c(=O)c12)S(C)(=O)=O. The molecule has 0 unspecified atom stereocenters. The molecule has 2 heterocycles. The van der Waals surface area contributed by atoms with Gasteiger partial charge in [0.2, 0.25) is 15.9 Å². The van der Waals surface area contributed by atoms with Crippen LogP contribution in [0.2, 0.25) is 0 Å². The average Bonchev–Trinajstić information content (AvgIpc) is 3.50. The maximum atomic E-state index is 14.0. The number of nitrogens with zero attached hydrogens (tertiary/aromatic N) is 3. The first-order chi connectivity index (χ1) is 15.0. The maximum absolute atomic E-state index is 14.0. The van der Waals surface area contributed by atoms with Gasteiger partial charge in [0, 0.05) is 38.2 Å². The normalized spacial score (nSPS) is 13.9. The molecule has 1 aliphatic rings. The number of aryl methyl sites for hydroxylation is 1. The number of nitrogens with one attached hydrogen (secondary N) is 3. The molecule has 1 amide bonds. The number of pyridine rings is 1. The van der Waals surface area contributed by atoms with Crippen molar-refractivity contribution in [2.24, 2.45) is 13.0 Å². The molecule has 1 fully saturated rings. The van der Waals surface area contributed by atoms with Gasteiger partial charge in [-0.1, -0.05) is 0 Å². The van der Waals surface area contributed by atoms with Crippen LogP contribution in [0.3, 0.4) is 0 Å². The predicted molar refractivity (Wildman–Crippen MR) is 116 cm³/mol. The number of fused-ring (bicyclic) bond motifs is 1. The number of amides is 1. The fourth-order valence-electron chi connectivity index (χ4n) is 3.18. The lowest BCUT2D eigenvalue weighted by molar-refractivity contribution is -0.117. The van der Waals surface area contributed by atoms with E-state index in [9.17, 15) is 26.8 Å². The minimum atomic E-state index is -3.81. The molecule has 0 spiro atoms. The summed E-state index contributed by atoms with van der Waals surface area (Å²) in [4.78, 5) is 29.0. The van der Waals surface area contributed by atoms with Crippen molar-refractivity contribution >= 4 is 49.8 Å². The Hall–Kier alpha value is -3.48. The molecule has 3 N–H and O–H groups in total. The topological polar surface area (TPSA) is 129 Å². The van der Waals surface area contributed by atoms with Gasteiger partial charge >= 0.3 is 0 Å². The Kier molecular flexibility index (Phi) is 5.15. The highest BCUT2D eigenvalue weighted by atomic mass is 32.2. The van der Waals surface area contributed by atoms with Crippen molar-refractivity contribution in [2.45, 2.75) is 12.8 Å². The van der Waals surface area contributed by atoms with Gasteiger partial charge in [0.1, 0.15) is 11.2 Å². The smallest absolute Gasteiger partial charge is 0.277 e. The van der Waals surface area contributed by atoms with Crippen LogP contribution in [0.1, 0.15) is 12.8 Å². The van der Waals surface area contributed by atoms with Crippen molar-refractivity contribution < 1.29 is 22.0 Å². The zero-order chi connectivity index (χ0) is 23.4. The van der Waals surface area contributed by atoms with Gasteiger partial charge in [-0.15, -0.1) is 0 Å². The molecule has 13 heteroatoms. The summed E-state index contributed by atoms with van der Waals surface area (Å²) < 4.78 is 53.9. The van der Waals surface area contributed by atoms with Crippen LogP contribution in [0.25, 0.3) is 11.0 Å². The maximum Gasteiger partial charge on any atom is 0.277 e. The van der Waals surface area contributed by atoms with E-state index in [1.807, 2.05) is 0 Å². The van der Waals surface area contributed by atoms with Crippen LogP contribution in [-0.4, -0.2) is 42.4 Å². The van der Waals surface area contributed by atoms with Crippen LogP contribution >= 0.6 is 0 Å². The van der Waals surface area contributed by atoms with Crippen molar-refractivity contribution in [1.82, 2.24) is 14.8 Å². The molecule has 32 heavy (non-hydrogen) atoms. The van der Waals surface area contributed by atoms with E-state index in [1.165, 1.54) is 24.8 Å². The van der Waals surface area contributed by atoms with Crippen LogP contribution in [0, 0.1) is 17.6 Å². The summed E-state index contributed by atoms with van der Waals surface area (Å²) in [6, 6.07) is 2.91. The zero-order valence-electron chi connectivity index (χ0n) is 17.4. The summed E-state index contributed by atoms with van der Waals surface area (Å²) in [5.41, 5.74) is -0.471. The number of carbonyl (C=O) groups is 1. The molecule has 170 valence electrons. The number of rotatable bonds is 6. The second-order valence-corrected chi connectivity index (χ2v) is 9.67. The van der Waals surface area contributed by atoms with Crippen molar-refractivity contribution in [3.63, 3.8) is 0 Å². The number of aromatic nitrogens is 3. The highest BCUT2D eigenvalue weighted by Crippen LogP contribution is 2.35. The molecular weight excluding hydrogens is 446 g/mol. The van der Waals surface area contributed by atoms with E-state index in [-0.39, 0.29) is 45.7 Å². The van der Waals surface area contributed by atoms with Crippen molar-refractivity contribution in [3.05, 3.63) is 40.2 Å². The summed E-state index contributed by atoms with van der Waals surface area (Å²) in [5.74, 6) is -2.63. The molecule has 10 nitrogen and oxygen atoms in total. The minimum Gasteiger partial charge on any atom is -0.353 e. The Labute approximate surface area is 181 Å². The molecule has 1 aromatic carbocycles. The second-order valence-electron chi connectivity index (χ2n) is 7.66. The van der Waals surface area contributed by atoms with Gasteiger partial charge in [0.05, 0.1) is 23.3 Å². The van der Waals surface area contributed by atoms with E-state index in [0.29, 0.717) is 0 Å². The van der Waals surface area contributed by atoms with Crippen LogP contribution in [-0.2, 0) is 21.9 Å². The molecule has 0 bridgehead atoms. The number of hydrogen-bond donors (Lipinski definition) is 3. The first kappa shape index (κ1) is 21.7. The number of aromatic amines is 1. The lowest BCUT2D eigenvalue weighted by atomic mass is 10.2. The van der Waals surface area contributed by atoms with E-state index >= 15 is 0 Å². The predicted octanol–water partition coefficient (Wildman–Crippen LogP) is 2.03. The third-order valence-electron chi connectivity index (χ3n) is 5.16. The molecule has 1 saturated carbocycles. The fraction of sp³-hybridized carbons (Fsp3) is 0.316. The van der Waals surface area contributed by atoms with Crippen molar-refractivity contribution in [3.8, 4) is 0 Å². The molecule has 0 aliphatic heterocycles. The highest BCUT2D eigenvalue weighted by Gasteiger charge is 2.30. The summed E-state index contributed by atoms with van der Waals surface area (Å²) in [5, 5.41) is 8.33. The van der Waals surface area contributed by atoms with Crippen LogP contribution in [0.4, 0.5) is 31.7 Å². The number of anilines is 4. The van der Waals surface area contributed by atoms with Gasteiger partial charge in [-0.3, -0.25) is 23.7 Å². The Bertz CT molecular complexity index is 1410. The van der Waals surface area contributed by atoms with Gasteiger partial charge in [0.25, 0.3) is 5.56 Å². The Morgan fingerprint density at radius 1 is 1.22 bits per heavy atom. The first-order valence-corrected chi connectivity index (χ1v) is 11.4. The van der Waals surface area contributed by atoms with Gasteiger partial charge in [0.15, 0.2) is 17.3 Å². The largest absolute Gasteiger partial charge is 0.353 e. The summed E-state index contributed by atoms with van der Waals surface area (Å²) in [6.45, 7) is 0. The molecule has 4 rings (SSSR count). The summed E-state index contributed by atoms with van der Waals surface area (Å²) >= 11 is 0. The fourth-order valence-corrected chi connectivity index (χ4v) is 3.69. The monoisotopic (exact) mass is 466 g/mol. The number of sulfonamides is 1. The molecule has 0 radical (unpaired) electrons. The van der Waals surface area contributed by atoms with E-state index in [2.05, 4.69) is 20.7 Å². The van der Waals surface area contributed by atoms with Crippen LogP contribution in [0.15, 0.2) is 23.0 Å². The van der Waals surface area contributed by atoms with E-state index in [1.54, 1.807) is 0 Å². The van der Waals surface area contributed by atoms with Gasteiger partial charge in [-0.05, 0) is 12.8 Å². The minimum absolute atomic E-state index is 0.0922. The quantitative estimate of drug-likeness (QED) is 0.510. The highest BCUT2D eigenvalue weighted by molar-refractivity contribution is 7.92. The number of halogens is 2. The third kappa shape index (κ3) is 4.02. The molecule has 0 atom stereocenters. The molecule has 2 aromatic heterocycles. The third-order valence-corrected chi connectivity index (χ3v) is 6.35. The van der Waals surface area contributed by atoms with Crippen molar-refractivity contribution in [1.29, 1.82) is 0 Å². The molecule has 3 aromatic rings. The zero-order valence-corrected chi connectivity index (χ0v) is 18.2. The Morgan fingerprint density at radius 2 is 1.88 bits per heavy atom. The first-order valence-electron chi connectivity index (χ1n) is 9.56. The Morgan fingerprint density at radius 3 is 2.50 bits per heavy atom. The van der Waals surface area contributed by atoms with Gasteiger partial charge < -0.3 is 10.6 Å². The molecule has 0 saturated heterocycles. The number of hydrogen-bond acceptors (Lipinski definition) is 6. The lowest BCUT2D eigenvalue weighted by Crippen LogP contribution is -2.26. The summed E-state index contributed by atoms with van der Waals surface area (Å²) in [6.07, 6.45) is 2.46. The van der Waals surface area contributed by atoms with Gasteiger partial charge in [-0.2, -0.15) is 0 Å².